The second-order valence-corrected chi connectivity index (χ2v) is 5.08. The van der Waals surface area contributed by atoms with Gasteiger partial charge in [-0.05, 0) is 25.0 Å². The molecule has 0 spiro atoms. The molecule has 4 heteroatoms. The maximum atomic E-state index is 12.5. The van der Waals surface area contributed by atoms with Crippen LogP contribution < -0.4 is 5.56 Å². The molecule has 0 bridgehead atoms. The monoisotopic (exact) mass is 274 g/mol. The fourth-order valence-electron chi connectivity index (χ4n) is 2.60. The molecule has 0 atom stereocenters. The first-order chi connectivity index (χ1) is 9.24. The average Bonchev–Trinajstić information content (AvgIpc) is 2.73. The van der Waals surface area contributed by atoms with Gasteiger partial charge in [0.15, 0.2) is 0 Å². The summed E-state index contributed by atoms with van der Waals surface area (Å²) in [6.07, 6.45) is 4.60. The molecule has 2 aromatic heterocycles. The molecule has 0 fully saturated rings. The Kier molecular flexibility index (Phi) is 3.07. The molecule has 0 unspecified atom stereocenters. The molecule has 0 radical (unpaired) electrons. The third-order valence-corrected chi connectivity index (χ3v) is 3.82. The van der Waals surface area contributed by atoms with Crippen molar-refractivity contribution >= 4 is 28.0 Å². The van der Waals surface area contributed by atoms with Crippen LogP contribution in [0.2, 0.25) is 0 Å². The van der Waals surface area contributed by atoms with Crippen LogP contribution in [-0.2, 0) is 6.54 Å². The van der Waals surface area contributed by atoms with Gasteiger partial charge in [-0.25, -0.2) is 0 Å². The number of hydrogen-bond donors (Lipinski definition) is 0. The lowest BCUT2D eigenvalue weighted by Gasteiger charge is -2.05. The van der Waals surface area contributed by atoms with Crippen LogP contribution in [0.5, 0.6) is 0 Å². The number of halogens is 1. The fraction of sp³-hybridized carbons (Fsp3) is 0.267. The van der Waals surface area contributed by atoms with E-state index < -0.39 is 0 Å². The summed E-state index contributed by atoms with van der Waals surface area (Å²) in [7, 11) is 0. The molecule has 0 amide bonds. The Bertz CT molecular complexity index is 801. The van der Waals surface area contributed by atoms with Gasteiger partial charge in [-0.3, -0.25) is 4.79 Å². The number of para-hydroxylation sites is 1. The summed E-state index contributed by atoms with van der Waals surface area (Å²) in [5, 5.41) is 1.13. The van der Waals surface area contributed by atoms with Crippen LogP contribution >= 0.6 is 11.6 Å². The molecule has 0 aliphatic carbocycles. The predicted molar refractivity (Wildman–Crippen MR) is 79.2 cm³/mol. The second kappa shape index (κ2) is 4.74. The Morgan fingerprint density at radius 3 is 2.79 bits per heavy atom. The van der Waals surface area contributed by atoms with Crippen molar-refractivity contribution in [2.24, 2.45) is 0 Å². The van der Waals surface area contributed by atoms with Crippen molar-refractivity contribution in [2.75, 3.05) is 5.88 Å². The Morgan fingerprint density at radius 1 is 1.21 bits per heavy atom. The van der Waals surface area contributed by atoms with Gasteiger partial charge in [0, 0.05) is 30.2 Å². The van der Waals surface area contributed by atoms with Crippen LogP contribution in [0.25, 0.3) is 16.4 Å². The summed E-state index contributed by atoms with van der Waals surface area (Å²) in [4.78, 5) is 12.5. The van der Waals surface area contributed by atoms with E-state index in [4.69, 9.17) is 11.6 Å². The van der Waals surface area contributed by atoms with Gasteiger partial charge < -0.3 is 8.97 Å². The highest BCUT2D eigenvalue weighted by atomic mass is 35.5. The van der Waals surface area contributed by atoms with Gasteiger partial charge >= 0.3 is 0 Å². The Morgan fingerprint density at radius 2 is 2.00 bits per heavy atom. The number of nitrogens with zero attached hydrogens (tertiary/aromatic N) is 2. The van der Waals surface area contributed by atoms with Gasteiger partial charge in [-0.1, -0.05) is 18.2 Å². The van der Waals surface area contributed by atoms with Gasteiger partial charge in [-0.2, -0.15) is 0 Å². The highest BCUT2D eigenvalue weighted by Crippen LogP contribution is 2.23. The summed E-state index contributed by atoms with van der Waals surface area (Å²) in [6.45, 7) is 2.67. The number of alkyl halides is 1. The van der Waals surface area contributed by atoms with Crippen LogP contribution in [0.4, 0.5) is 0 Å². The second-order valence-electron chi connectivity index (χ2n) is 4.70. The SMILES string of the molecule is Cc1c2ccccc2n2ccn(CCCCl)c(=O)c12. The first-order valence-electron chi connectivity index (χ1n) is 6.39. The average molecular weight is 275 g/mol. The number of fused-ring (bicyclic) bond motifs is 3. The van der Waals surface area contributed by atoms with Gasteiger partial charge in [-0.15, -0.1) is 11.6 Å². The summed E-state index contributed by atoms with van der Waals surface area (Å²) in [5.74, 6) is 0.569. The van der Waals surface area contributed by atoms with E-state index in [1.165, 1.54) is 0 Å². The first kappa shape index (κ1) is 12.3. The van der Waals surface area contributed by atoms with Crippen molar-refractivity contribution in [2.45, 2.75) is 19.9 Å². The number of aryl methyl sites for hydroxylation is 2. The minimum absolute atomic E-state index is 0.0568. The van der Waals surface area contributed by atoms with Crippen LogP contribution in [0, 0.1) is 6.92 Å². The quantitative estimate of drug-likeness (QED) is 0.674. The third-order valence-electron chi connectivity index (χ3n) is 3.56. The minimum Gasteiger partial charge on any atom is -0.312 e. The molecule has 1 aromatic carbocycles. The molecule has 98 valence electrons. The van der Waals surface area contributed by atoms with E-state index in [0.717, 1.165) is 28.4 Å². The molecule has 0 aliphatic rings. The largest absolute Gasteiger partial charge is 0.312 e. The molecular weight excluding hydrogens is 260 g/mol. The maximum absolute atomic E-state index is 12.5. The van der Waals surface area contributed by atoms with Crippen LogP contribution in [0.1, 0.15) is 12.0 Å². The van der Waals surface area contributed by atoms with E-state index >= 15 is 0 Å². The highest BCUT2D eigenvalue weighted by Gasteiger charge is 2.11. The smallest absolute Gasteiger partial charge is 0.275 e. The van der Waals surface area contributed by atoms with Crippen molar-refractivity contribution in [3.05, 3.63) is 52.6 Å². The molecule has 3 aromatic rings. The number of rotatable bonds is 3. The lowest BCUT2D eigenvalue weighted by atomic mass is 10.2. The summed E-state index contributed by atoms with van der Waals surface area (Å²) >= 11 is 5.70. The van der Waals surface area contributed by atoms with Crippen LogP contribution in [0.15, 0.2) is 41.5 Å². The zero-order chi connectivity index (χ0) is 13.4. The van der Waals surface area contributed by atoms with Crippen molar-refractivity contribution in [1.29, 1.82) is 0 Å². The Hall–Kier alpha value is -1.74. The standard InChI is InChI=1S/C15H15ClN2O/c1-11-12-5-2-3-6-13(12)18-10-9-17(8-4-7-16)15(19)14(11)18/h2-3,5-6,9-10H,4,7-8H2,1H3. The van der Waals surface area contributed by atoms with Gasteiger partial charge in [0.25, 0.3) is 5.56 Å². The molecule has 3 rings (SSSR count). The van der Waals surface area contributed by atoms with Crippen LogP contribution in [0.3, 0.4) is 0 Å². The predicted octanol–water partition coefficient (Wildman–Crippen LogP) is 3.19. The van der Waals surface area contributed by atoms with Crippen LogP contribution in [-0.4, -0.2) is 14.8 Å². The van der Waals surface area contributed by atoms with Gasteiger partial charge in [0.1, 0.15) is 5.52 Å². The zero-order valence-electron chi connectivity index (χ0n) is 10.8. The number of hydrogen-bond acceptors (Lipinski definition) is 1. The molecule has 0 saturated carbocycles. The van der Waals surface area contributed by atoms with E-state index in [0.29, 0.717) is 12.4 Å². The normalized spacial score (nSPS) is 11.5. The van der Waals surface area contributed by atoms with Crippen molar-refractivity contribution in [3.63, 3.8) is 0 Å². The lowest BCUT2D eigenvalue weighted by molar-refractivity contribution is 0.655. The van der Waals surface area contributed by atoms with Gasteiger partial charge in [0.2, 0.25) is 0 Å². The lowest BCUT2D eigenvalue weighted by Crippen LogP contribution is -2.21. The number of benzene rings is 1. The van der Waals surface area contributed by atoms with E-state index in [9.17, 15) is 4.79 Å². The molecule has 3 nitrogen and oxygen atoms in total. The van der Waals surface area contributed by atoms with Crippen molar-refractivity contribution < 1.29 is 0 Å². The highest BCUT2D eigenvalue weighted by molar-refractivity contribution is 6.17. The number of aromatic nitrogens is 2. The zero-order valence-corrected chi connectivity index (χ0v) is 11.5. The van der Waals surface area contributed by atoms with E-state index in [1.54, 1.807) is 4.57 Å². The van der Waals surface area contributed by atoms with Crippen molar-refractivity contribution in [3.8, 4) is 0 Å². The molecule has 0 N–H and O–H groups in total. The molecule has 2 heterocycles. The van der Waals surface area contributed by atoms with E-state index in [2.05, 4.69) is 6.07 Å². The van der Waals surface area contributed by atoms with Gasteiger partial charge in [0.05, 0.1) is 5.52 Å². The minimum atomic E-state index is 0.0568. The Labute approximate surface area is 116 Å². The summed E-state index contributed by atoms with van der Waals surface area (Å²) < 4.78 is 3.72. The molecule has 19 heavy (non-hydrogen) atoms. The summed E-state index contributed by atoms with van der Waals surface area (Å²) in [6, 6.07) is 8.09. The molecular formula is C15H15ClN2O. The van der Waals surface area contributed by atoms with E-state index in [-0.39, 0.29) is 5.56 Å². The molecule has 0 aliphatic heterocycles. The summed E-state index contributed by atoms with van der Waals surface area (Å²) in [5.41, 5.74) is 2.94. The van der Waals surface area contributed by atoms with E-state index in [1.807, 2.05) is 41.9 Å². The third kappa shape index (κ3) is 1.85. The first-order valence-corrected chi connectivity index (χ1v) is 6.92. The van der Waals surface area contributed by atoms with Crippen molar-refractivity contribution in [1.82, 2.24) is 8.97 Å². The molecule has 0 saturated heterocycles. The fourth-order valence-corrected chi connectivity index (χ4v) is 2.72. The maximum Gasteiger partial charge on any atom is 0.275 e. The topological polar surface area (TPSA) is 26.4 Å². The Balaban J connectivity index is 2.34.